The maximum absolute atomic E-state index is 12.9. The van der Waals surface area contributed by atoms with Crippen molar-refractivity contribution in [2.45, 2.75) is 51.6 Å². The fraction of sp³-hybridized carbons (Fsp3) is 0.467. The molecule has 2 unspecified atom stereocenters. The molecule has 3 amide bonds. The molecule has 2 saturated heterocycles. The van der Waals surface area contributed by atoms with Crippen molar-refractivity contribution in [2.24, 2.45) is 11.8 Å². The van der Waals surface area contributed by atoms with Crippen LogP contribution in [-0.4, -0.2) is 54.7 Å². The van der Waals surface area contributed by atoms with E-state index in [0.29, 0.717) is 45.1 Å². The quantitative estimate of drug-likeness (QED) is 0.496. The van der Waals surface area contributed by atoms with Crippen molar-refractivity contribution in [3.63, 3.8) is 0 Å². The van der Waals surface area contributed by atoms with E-state index in [1.165, 1.54) is 5.56 Å². The number of fused-ring (bicyclic) bond motifs is 1. The number of benzene rings is 2. The number of ketones is 1. The smallest absolute Gasteiger partial charge is 0.229 e. The van der Waals surface area contributed by atoms with Crippen LogP contribution in [0.3, 0.4) is 0 Å². The molecule has 0 saturated carbocycles. The molecule has 1 aliphatic carbocycles. The number of Topliss-reactive ketones (excluding diaryl/α,β-unsaturated/α-hetero) is 1. The molecule has 2 aromatic rings. The predicted octanol–water partition coefficient (Wildman–Crippen LogP) is 2.57. The van der Waals surface area contributed by atoms with Gasteiger partial charge in [0.25, 0.3) is 0 Å². The fourth-order valence-corrected chi connectivity index (χ4v) is 5.62. The second kappa shape index (κ2) is 12.0. The fourth-order valence-electron chi connectivity index (χ4n) is 5.62. The van der Waals surface area contributed by atoms with Crippen molar-refractivity contribution < 1.29 is 23.9 Å². The Labute approximate surface area is 223 Å². The van der Waals surface area contributed by atoms with Gasteiger partial charge < -0.3 is 10.1 Å². The molecular formula is C30H35N3O5. The summed E-state index contributed by atoms with van der Waals surface area (Å²) in [4.78, 5) is 51.2. The third-order valence-corrected chi connectivity index (χ3v) is 7.88. The number of ether oxygens (including phenoxy) is 1. The van der Waals surface area contributed by atoms with Gasteiger partial charge in [0.2, 0.25) is 17.7 Å². The highest BCUT2D eigenvalue weighted by atomic mass is 16.5. The minimum Gasteiger partial charge on any atom is -0.379 e. The third-order valence-electron chi connectivity index (χ3n) is 7.88. The van der Waals surface area contributed by atoms with Gasteiger partial charge in [-0.2, -0.15) is 0 Å². The molecule has 8 nitrogen and oxygen atoms in total. The molecule has 2 aromatic carbocycles. The van der Waals surface area contributed by atoms with Crippen LogP contribution < -0.4 is 10.6 Å². The van der Waals surface area contributed by atoms with Crippen molar-refractivity contribution in [1.29, 1.82) is 0 Å². The summed E-state index contributed by atoms with van der Waals surface area (Å²) in [6.07, 6.45) is 3.15. The zero-order valence-electron chi connectivity index (χ0n) is 21.7. The number of hydrogen-bond acceptors (Lipinski definition) is 6. The molecule has 8 heteroatoms. The first-order chi connectivity index (χ1) is 18.4. The molecule has 2 atom stereocenters. The monoisotopic (exact) mass is 517 g/mol. The van der Waals surface area contributed by atoms with Gasteiger partial charge in [0.15, 0.2) is 5.78 Å². The molecule has 2 aliphatic heterocycles. The van der Waals surface area contributed by atoms with Crippen LogP contribution in [0.4, 0.5) is 0 Å². The Bertz CT molecular complexity index is 1200. The minimum absolute atomic E-state index is 0.0374. The van der Waals surface area contributed by atoms with E-state index in [1.54, 1.807) is 0 Å². The van der Waals surface area contributed by atoms with Gasteiger partial charge in [0.05, 0.1) is 19.6 Å². The lowest BCUT2D eigenvalue weighted by Gasteiger charge is -2.26. The zero-order valence-corrected chi connectivity index (χ0v) is 21.7. The summed E-state index contributed by atoms with van der Waals surface area (Å²) in [7, 11) is 0. The summed E-state index contributed by atoms with van der Waals surface area (Å²) in [5.41, 5.74) is 4.93. The number of carbonyl (C=O) groups is 4. The molecule has 2 N–H and O–H groups in total. The summed E-state index contributed by atoms with van der Waals surface area (Å²) in [5.74, 6) is -0.675. The summed E-state index contributed by atoms with van der Waals surface area (Å²) in [6, 6.07) is 14.0. The maximum atomic E-state index is 12.9. The second-order valence-electron chi connectivity index (χ2n) is 10.6. The highest BCUT2D eigenvalue weighted by molar-refractivity contribution is 6.02. The predicted molar refractivity (Wildman–Crippen MR) is 141 cm³/mol. The van der Waals surface area contributed by atoms with E-state index >= 15 is 0 Å². The van der Waals surface area contributed by atoms with Crippen molar-refractivity contribution in [3.8, 4) is 0 Å². The van der Waals surface area contributed by atoms with Gasteiger partial charge in [-0.3, -0.25) is 29.4 Å². The number of nitrogens with one attached hydrogen (secondary N) is 2. The molecule has 0 radical (unpaired) electrons. The maximum Gasteiger partial charge on any atom is 0.229 e. The Morgan fingerprint density at radius 2 is 1.66 bits per heavy atom. The Hall–Kier alpha value is -3.36. The molecule has 3 aliphatic rings. The SMILES string of the molecule is O=C(Cc1ccc(CN2CCOCC2)cc1)NCc1ccc2c(c1)CC(CCC1CCC(=O)NC1=O)C2=O. The molecule has 2 heterocycles. The van der Waals surface area contributed by atoms with Gasteiger partial charge >= 0.3 is 0 Å². The summed E-state index contributed by atoms with van der Waals surface area (Å²) in [6.45, 7) is 4.77. The van der Waals surface area contributed by atoms with Crippen LogP contribution in [0.25, 0.3) is 0 Å². The van der Waals surface area contributed by atoms with Crippen LogP contribution in [0.2, 0.25) is 0 Å². The van der Waals surface area contributed by atoms with Gasteiger partial charge in [0, 0.05) is 50.0 Å². The largest absolute Gasteiger partial charge is 0.379 e. The number of piperidine rings is 1. The van der Waals surface area contributed by atoms with E-state index in [4.69, 9.17) is 4.74 Å². The van der Waals surface area contributed by atoms with Gasteiger partial charge in [-0.25, -0.2) is 0 Å². The van der Waals surface area contributed by atoms with E-state index in [2.05, 4.69) is 27.7 Å². The van der Waals surface area contributed by atoms with Crippen molar-refractivity contribution in [2.75, 3.05) is 26.3 Å². The first kappa shape index (κ1) is 26.3. The van der Waals surface area contributed by atoms with Crippen molar-refractivity contribution >= 4 is 23.5 Å². The Kier molecular flexibility index (Phi) is 8.29. The van der Waals surface area contributed by atoms with Gasteiger partial charge in [0.1, 0.15) is 0 Å². The molecule has 0 bridgehead atoms. The van der Waals surface area contributed by atoms with Gasteiger partial charge in [-0.1, -0.05) is 42.5 Å². The van der Waals surface area contributed by atoms with E-state index in [0.717, 1.165) is 55.1 Å². The van der Waals surface area contributed by atoms with Crippen LogP contribution in [0, 0.1) is 11.8 Å². The molecule has 0 aromatic heterocycles. The first-order valence-electron chi connectivity index (χ1n) is 13.6. The molecule has 0 spiro atoms. The normalized spacial score (nSPS) is 21.7. The Balaban J connectivity index is 1.08. The van der Waals surface area contributed by atoms with E-state index in [1.807, 2.05) is 30.3 Å². The number of rotatable bonds is 9. The summed E-state index contributed by atoms with van der Waals surface area (Å²) in [5, 5.41) is 5.39. The average Bonchev–Trinajstić information content (AvgIpc) is 3.23. The highest BCUT2D eigenvalue weighted by Crippen LogP contribution is 2.32. The van der Waals surface area contributed by atoms with Gasteiger partial charge in [-0.15, -0.1) is 0 Å². The van der Waals surface area contributed by atoms with Crippen LogP contribution in [0.1, 0.15) is 58.3 Å². The zero-order chi connectivity index (χ0) is 26.5. The average molecular weight is 518 g/mol. The molecular weight excluding hydrogens is 482 g/mol. The number of morpholine rings is 1. The number of amides is 3. The highest BCUT2D eigenvalue weighted by Gasteiger charge is 2.33. The van der Waals surface area contributed by atoms with Crippen LogP contribution in [0.15, 0.2) is 42.5 Å². The van der Waals surface area contributed by atoms with E-state index in [9.17, 15) is 19.2 Å². The summed E-state index contributed by atoms with van der Waals surface area (Å²) >= 11 is 0. The second-order valence-corrected chi connectivity index (χ2v) is 10.6. The van der Waals surface area contributed by atoms with E-state index in [-0.39, 0.29) is 35.3 Å². The molecule has 2 fully saturated rings. The topological polar surface area (TPSA) is 105 Å². The minimum atomic E-state index is -0.217. The van der Waals surface area contributed by atoms with Crippen molar-refractivity contribution in [3.05, 3.63) is 70.3 Å². The Morgan fingerprint density at radius 3 is 2.42 bits per heavy atom. The lowest BCUT2D eigenvalue weighted by molar-refractivity contribution is -0.136. The number of carbonyl (C=O) groups excluding carboxylic acids is 4. The number of nitrogens with zero attached hydrogens (tertiary/aromatic N) is 1. The van der Waals surface area contributed by atoms with Crippen LogP contribution in [0.5, 0.6) is 0 Å². The third kappa shape index (κ3) is 6.55. The standard InChI is InChI=1S/C30H35N3O5/c34-27-10-8-23(30(37)32-27)6-7-24-17-25-15-22(5-9-26(25)29(24)36)18-31-28(35)16-20-1-3-21(4-2-20)19-33-11-13-38-14-12-33/h1-5,9,15,23-24H,6-8,10-14,16-19H2,(H,31,35)(H,32,34,37). The lowest BCUT2D eigenvalue weighted by atomic mass is 9.88. The van der Waals surface area contributed by atoms with E-state index < -0.39 is 0 Å². The summed E-state index contributed by atoms with van der Waals surface area (Å²) < 4.78 is 5.40. The Morgan fingerprint density at radius 1 is 0.947 bits per heavy atom. The number of imide groups is 1. The molecule has 200 valence electrons. The van der Waals surface area contributed by atoms with Crippen LogP contribution >= 0.6 is 0 Å². The number of hydrogen-bond donors (Lipinski definition) is 2. The van der Waals surface area contributed by atoms with Crippen LogP contribution in [-0.2, 0) is 45.1 Å². The lowest BCUT2D eigenvalue weighted by Crippen LogP contribution is -2.40. The molecule has 5 rings (SSSR count). The first-order valence-corrected chi connectivity index (χ1v) is 13.6. The van der Waals surface area contributed by atoms with Crippen molar-refractivity contribution in [1.82, 2.24) is 15.5 Å². The van der Waals surface area contributed by atoms with Gasteiger partial charge in [-0.05, 0) is 47.9 Å². The molecule has 38 heavy (non-hydrogen) atoms.